The highest BCUT2D eigenvalue weighted by Gasteiger charge is 2.30. The molecular formula is C12H20N4O2. The maximum absolute atomic E-state index is 11.2. The Hall–Kier alpha value is -1.85. The van der Waals surface area contributed by atoms with Crippen LogP contribution in [0.2, 0.25) is 0 Å². The van der Waals surface area contributed by atoms with Crippen LogP contribution in [0.3, 0.4) is 0 Å². The lowest BCUT2D eigenvalue weighted by molar-refractivity contribution is -0.147. The highest BCUT2D eigenvalue weighted by molar-refractivity contribution is 5.74. The number of carboxylic acid groups (broad SMARTS) is 1. The van der Waals surface area contributed by atoms with Crippen LogP contribution in [0.15, 0.2) is 12.3 Å². The van der Waals surface area contributed by atoms with Gasteiger partial charge in [-0.05, 0) is 19.4 Å². The van der Waals surface area contributed by atoms with Gasteiger partial charge in [0.05, 0.1) is 5.41 Å². The minimum absolute atomic E-state index is 0.336. The highest BCUT2D eigenvalue weighted by atomic mass is 16.4. The monoisotopic (exact) mass is 252 g/mol. The Balaban J connectivity index is 2.74. The Morgan fingerprint density at radius 2 is 2.22 bits per heavy atom. The first-order chi connectivity index (χ1) is 8.39. The van der Waals surface area contributed by atoms with E-state index in [1.807, 2.05) is 21.0 Å². The van der Waals surface area contributed by atoms with Crippen molar-refractivity contribution in [1.82, 2.24) is 9.97 Å². The minimum Gasteiger partial charge on any atom is -0.481 e. The van der Waals surface area contributed by atoms with Crippen LogP contribution in [-0.2, 0) is 4.79 Å². The largest absolute Gasteiger partial charge is 0.481 e. The van der Waals surface area contributed by atoms with Gasteiger partial charge in [-0.3, -0.25) is 4.79 Å². The minimum atomic E-state index is -0.806. The van der Waals surface area contributed by atoms with Crippen molar-refractivity contribution >= 4 is 17.7 Å². The second-order valence-corrected chi connectivity index (χ2v) is 4.71. The van der Waals surface area contributed by atoms with Crippen molar-refractivity contribution in [3.05, 3.63) is 12.3 Å². The molecule has 0 spiro atoms. The van der Waals surface area contributed by atoms with Gasteiger partial charge in [0.1, 0.15) is 5.82 Å². The van der Waals surface area contributed by atoms with Gasteiger partial charge in [0.15, 0.2) is 0 Å². The van der Waals surface area contributed by atoms with Crippen LogP contribution in [0.4, 0.5) is 11.8 Å². The first-order valence-electron chi connectivity index (χ1n) is 5.86. The summed E-state index contributed by atoms with van der Waals surface area (Å²) >= 11 is 0. The van der Waals surface area contributed by atoms with E-state index in [0.29, 0.717) is 24.7 Å². The molecule has 0 saturated heterocycles. The molecular weight excluding hydrogens is 232 g/mol. The van der Waals surface area contributed by atoms with Gasteiger partial charge in [0.25, 0.3) is 0 Å². The molecule has 6 nitrogen and oxygen atoms in total. The third-order valence-electron chi connectivity index (χ3n) is 3.00. The molecule has 1 atom stereocenters. The van der Waals surface area contributed by atoms with Crippen molar-refractivity contribution < 1.29 is 9.90 Å². The molecule has 2 N–H and O–H groups in total. The van der Waals surface area contributed by atoms with E-state index in [9.17, 15) is 9.90 Å². The topological polar surface area (TPSA) is 78.4 Å². The molecule has 0 bridgehead atoms. The van der Waals surface area contributed by atoms with Gasteiger partial charge in [-0.2, -0.15) is 4.98 Å². The summed E-state index contributed by atoms with van der Waals surface area (Å²) in [6.45, 7) is 3.92. The van der Waals surface area contributed by atoms with Crippen LogP contribution in [0.5, 0.6) is 0 Å². The van der Waals surface area contributed by atoms with E-state index in [2.05, 4.69) is 15.3 Å². The van der Waals surface area contributed by atoms with Gasteiger partial charge in [0.2, 0.25) is 5.95 Å². The molecule has 1 heterocycles. The molecule has 6 heteroatoms. The molecule has 1 aromatic rings. The second kappa shape index (κ2) is 5.66. The van der Waals surface area contributed by atoms with Gasteiger partial charge in [-0.15, -0.1) is 0 Å². The second-order valence-electron chi connectivity index (χ2n) is 4.71. The number of nitrogens with one attached hydrogen (secondary N) is 1. The lowest BCUT2D eigenvalue weighted by Gasteiger charge is -2.23. The first kappa shape index (κ1) is 14.2. The molecule has 0 fully saturated rings. The third kappa shape index (κ3) is 3.32. The molecule has 1 aromatic heterocycles. The average Bonchev–Trinajstić information content (AvgIpc) is 2.36. The number of carboxylic acids is 1. The summed E-state index contributed by atoms with van der Waals surface area (Å²) in [4.78, 5) is 21.3. The summed E-state index contributed by atoms with van der Waals surface area (Å²) < 4.78 is 0. The van der Waals surface area contributed by atoms with Crippen molar-refractivity contribution in [2.45, 2.75) is 20.3 Å². The van der Waals surface area contributed by atoms with Gasteiger partial charge in [-0.25, -0.2) is 4.98 Å². The Kier molecular flexibility index (Phi) is 4.47. The summed E-state index contributed by atoms with van der Waals surface area (Å²) in [6.07, 6.45) is 2.20. The Morgan fingerprint density at radius 1 is 1.56 bits per heavy atom. The van der Waals surface area contributed by atoms with Gasteiger partial charge in [0, 0.05) is 26.8 Å². The molecule has 0 saturated carbocycles. The molecule has 100 valence electrons. The maximum Gasteiger partial charge on any atom is 0.311 e. The van der Waals surface area contributed by atoms with Gasteiger partial charge < -0.3 is 15.3 Å². The van der Waals surface area contributed by atoms with E-state index in [-0.39, 0.29) is 0 Å². The molecule has 1 unspecified atom stereocenters. The highest BCUT2D eigenvalue weighted by Crippen LogP contribution is 2.22. The van der Waals surface area contributed by atoms with E-state index in [1.165, 1.54) is 0 Å². The van der Waals surface area contributed by atoms with Crippen molar-refractivity contribution in [1.29, 1.82) is 0 Å². The summed E-state index contributed by atoms with van der Waals surface area (Å²) in [5, 5.41) is 12.2. The fraction of sp³-hybridized carbons (Fsp3) is 0.583. The van der Waals surface area contributed by atoms with Gasteiger partial charge in [-0.1, -0.05) is 6.92 Å². The first-order valence-corrected chi connectivity index (χ1v) is 5.86. The molecule has 1 rings (SSSR count). The Morgan fingerprint density at radius 3 is 2.72 bits per heavy atom. The summed E-state index contributed by atoms with van der Waals surface area (Å²) in [7, 11) is 3.71. The molecule has 0 aliphatic heterocycles. The number of nitrogens with zero attached hydrogens (tertiary/aromatic N) is 3. The number of aliphatic carboxylic acids is 1. The van der Waals surface area contributed by atoms with Crippen molar-refractivity contribution in [3.8, 4) is 0 Å². The molecule has 0 radical (unpaired) electrons. The summed E-state index contributed by atoms with van der Waals surface area (Å²) in [5.41, 5.74) is -0.788. The standard InChI is InChI=1S/C12H20N4O2/c1-5-12(2,10(17)18)8-14-9-6-7-13-11(15-9)16(3)4/h6-7H,5,8H2,1-4H3,(H,17,18)(H,13,14,15). The van der Waals surface area contributed by atoms with Crippen LogP contribution in [0, 0.1) is 5.41 Å². The van der Waals surface area contributed by atoms with Gasteiger partial charge >= 0.3 is 5.97 Å². The van der Waals surface area contributed by atoms with E-state index < -0.39 is 11.4 Å². The average molecular weight is 252 g/mol. The molecule has 0 aliphatic rings. The fourth-order valence-electron chi connectivity index (χ4n) is 1.30. The van der Waals surface area contributed by atoms with Crippen LogP contribution in [0.25, 0.3) is 0 Å². The number of rotatable bonds is 6. The quantitative estimate of drug-likeness (QED) is 0.798. The maximum atomic E-state index is 11.2. The van der Waals surface area contributed by atoms with Crippen LogP contribution in [0.1, 0.15) is 20.3 Å². The zero-order valence-electron chi connectivity index (χ0n) is 11.3. The number of aromatic nitrogens is 2. The number of hydrogen-bond acceptors (Lipinski definition) is 5. The van der Waals surface area contributed by atoms with Crippen LogP contribution in [-0.4, -0.2) is 41.7 Å². The fourth-order valence-corrected chi connectivity index (χ4v) is 1.30. The molecule has 0 amide bonds. The van der Waals surface area contributed by atoms with E-state index in [0.717, 1.165) is 0 Å². The summed E-state index contributed by atoms with van der Waals surface area (Å²) in [6, 6.07) is 1.73. The molecule has 0 aromatic carbocycles. The normalized spacial score (nSPS) is 13.8. The number of hydrogen-bond donors (Lipinski definition) is 2. The zero-order chi connectivity index (χ0) is 13.8. The van der Waals surface area contributed by atoms with E-state index in [1.54, 1.807) is 24.1 Å². The third-order valence-corrected chi connectivity index (χ3v) is 3.00. The predicted molar refractivity (Wildman–Crippen MR) is 70.9 cm³/mol. The van der Waals surface area contributed by atoms with Crippen molar-refractivity contribution in [3.63, 3.8) is 0 Å². The summed E-state index contributed by atoms with van der Waals surface area (Å²) in [5.74, 6) is 0.419. The lowest BCUT2D eigenvalue weighted by atomic mass is 9.88. The zero-order valence-corrected chi connectivity index (χ0v) is 11.3. The molecule has 18 heavy (non-hydrogen) atoms. The van der Waals surface area contributed by atoms with Crippen LogP contribution < -0.4 is 10.2 Å². The van der Waals surface area contributed by atoms with Crippen LogP contribution >= 0.6 is 0 Å². The smallest absolute Gasteiger partial charge is 0.311 e. The van der Waals surface area contributed by atoms with E-state index >= 15 is 0 Å². The van der Waals surface area contributed by atoms with Crippen molar-refractivity contribution in [2.75, 3.05) is 30.9 Å². The SMILES string of the molecule is CCC(C)(CNc1ccnc(N(C)C)n1)C(=O)O. The lowest BCUT2D eigenvalue weighted by Crippen LogP contribution is -2.34. The number of anilines is 2. The van der Waals surface area contributed by atoms with Crippen molar-refractivity contribution in [2.24, 2.45) is 5.41 Å². The Labute approximate surface area is 107 Å². The predicted octanol–water partition coefficient (Wildman–Crippen LogP) is 1.46. The Bertz CT molecular complexity index is 422. The molecule has 0 aliphatic carbocycles. The number of carbonyl (C=O) groups is 1. The van der Waals surface area contributed by atoms with E-state index in [4.69, 9.17) is 0 Å².